The first kappa shape index (κ1) is 22.9. The van der Waals surface area contributed by atoms with Crippen molar-refractivity contribution in [1.82, 2.24) is 4.98 Å². The van der Waals surface area contributed by atoms with Crippen molar-refractivity contribution in [2.24, 2.45) is 5.41 Å². The van der Waals surface area contributed by atoms with Crippen LogP contribution in [-0.4, -0.2) is 40.0 Å². The zero-order valence-electron chi connectivity index (χ0n) is 17.6. The first-order valence-corrected chi connectivity index (χ1v) is 11.8. The second kappa shape index (κ2) is 9.32. The number of benzene rings is 2. The molecule has 0 saturated carbocycles. The third kappa shape index (κ3) is 4.49. The van der Waals surface area contributed by atoms with Crippen molar-refractivity contribution in [3.63, 3.8) is 0 Å². The number of nitrogens with one attached hydrogen (secondary N) is 1. The number of carboxylic acids is 2. The van der Waals surface area contributed by atoms with E-state index in [0.29, 0.717) is 33.6 Å². The van der Waals surface area contributed by atoms with Crippen LogP contribution in [0.4, 0.5) is 0 Å². The number of carbonyl (C=O) groups is 2. The van der Waals surface area contributed by atoms with Gasteiger partial charge in [-0.3, -0.25) is 14.4 Å². The van der Waals surface area contributed by atoms with E-state index >= 15 is 0 Å². The number of ether oxygens (including phenoxy) is 2. The smallest absolute Gasteiger partial charge is 0.312 e. The maximum absolute atomic E-state index is 12.5. The lowest BCUT2D eigenvalue weighted by atomic mass is 9.70. The van der Waals surface area contributed by atoms with Crippen LogP contribution < -0.4 is 14.3 Å². The number of methoxy groups -OCH3 is 1. The van der Waals surface area contributed by atoms with Gasteiger partial charge >= 0.3 is 16.8 Å². The molecule has 1 aromatic heterocycles. The van der Waals surface area contributed by atoms with E-state index in [1.165, 1.54) is 7.11 Å². The van der Waals surface area contributed by atoms with Crippen molar-refractivity contribution < 1.29 is 29.3 Å². The van der Waals surface area contributed by atoms with Gasteiger partial charge in [-0.2, -0.15) is 0 Å². The molecule has 8 nitrogen and oxygen atoms in total. The molecule has 1 aliphatic heterocycles. The van der Waals surface area contributed by atoms with E-state index in [1.807, 2.05) is 30.3 Å². The molecule has 0 saturated heterocycles. The van der Waals surface area contributed by atoms with E-state index in [0.717, 1.165) is 28.7 Å². The summed E-state index contributed by atoms with van der Waals surface area (Å²) in [6.45, 7) is 0.318. The highest BCUT2D eigenvalue weighted by molar-refractivity contribution is 7.99. The molecule has 0 unspecified atom stereocenters. The molecule has 0 aliphatic carbocycles. The van der Waals surface area contributed by atoms with Gasteiger partial charge in [0.15, 0.2) is 11.5 Å². The first-order chi connectivity index (χ1) is 15.8. The van der Waals surface area contributed by atoms with Crippen LogP contribution in [0, 0.1) is 5.41 Å². The summed E-state index contributed by atoms with van der Waals surface area (Å²) in [7, 11) is 1.48. The van der Waals surface area contributed by atoms with Crippen LogP contribution in [0.25, 0.3) is 0 Å². The standard InChI is InChI=1S/C23H21NO7S2/c1-30-16-9-14(7-8-15(16)31-11-13-5-3-2-4-6-13)18-19-20(24-22(29)33-19)32-12-23(18,21(27)28)10-17(25)26/h2-9,18H,10-12H2,1H3,(H,24,29)(H,25,26)(H,27,28)/t18-,23+/m0/s1. The summed E-state index contributed by atoms with van der Waals surface area (Å²) in [4.78, 5) is 39.2. The number of carboxylic acid groups (broad SMARTS) is 2. The molecule has 33 heavy (non-hydrogen) atoms. The number of hydrogen-bond acceptors (Lipinski definition) is 7. The van der Waals surface area contributed by atoms with Crippen LogP contribution in [0.5, 0.6) is 11.5 Å². The predicted octanol–water partition coefficient (Wildman–Crippen LogP) is 3.81. The predicted molar refractivity (Wildman–Crippen MR) is 124 cm³/mol. The van der Waals surface area contributed by atoms with Gasteiger partial charge in [-0.05, 0) is 23.3 Å². The number of hydrogen-bond donors (Lipinski definition) is 3. The Balaban J connectivity index is 1.77. The van der Waals surface area contributed by atoms with Crippen molar-refractivity contribution in [1.29, 1.82) is 0 Å². The Hall–Kier alpha value is -3.24. The van der Waals surface area contributed by atoms with Gasteiger partial charge in [-0.1, -0.05) is 47.7 Å². The molecule has 3 aromatic rings. The third-order valence-corrected chi connectivity index (χ3v) is 7.93. The summed E-state index contributed by atoms with van der Waals surface area (Å²) in [5.41, 5.74) is -0.119. The SMILES string of the molecule is COc1cc([C@H]2c3sc(=O)[nH]c3SC[C@@]2(CC(=O)O)C(=O)O)ccc1OCc1ccccc1. The Morgan fingerprint density at radius 2 is 1.91 bits per heavy atom. The van der Waals surface area contributed by atoms with Crippen LogP contribution in [0.2, 0.25) is 0 Å². The number of aromatic amines is 1. The fourth-order valence-corrected chi connectivity index (χ4v) is 6.59. The molecule has 1 aliphatic rings. The number of thiazole rings is 1. The Morgan fingerprint density at radius 3 is 2.58 bits per heavy atom. The van der Waals surface area contributed by atoms with Gasteiger partial charge in [0, 0.05) is 16.5 Å². The molecule has 0 bridgehead atoms. The van der Waals surface area contributed by atoms with E-state index in [4.69, 9.17) is 9.47 Å². The molecular weight excluding hydrogens is 466 g/mol. The molecule has 0 spiro atoms. The lowest BCUT2D eigenvalue weighted by Crippen LogP contribution is -2.44. The van der Waals surface area contributed by atoms with Gasteiger partial charge in [0.1, 0.15) is 6.61 Å². The Bertz CT molecular complexity index is 1240. The Labute approximate surface area is 197 Å². The molecule has 0 radical (unpaired) electrons. The second-order valence-corrected chi connectivity index (χ2v) is 9.65. The van der Waals surface area contributed by atoms with Crippen LogP contribution in [0.3, 0.4) is 0 Å². The fourth-order valence-electron chi connectivity index (χ4n) is 4.03. The first-order valence-electron chi connectivity index (χ1n) is 9.99. The topological polar surface area (TPSA) is 126 Å². The van der Waals surface area contributed by atoms with E-state index < -0.39 is 29.7 Å². The lowest BCUT2D eigenvalue weighted by Gasteiger charge is -2.39. The molecule has 2 heterocycles. The van der Waals surface area contributed by atoms with Gasteiger partial charge < -0.3 is 24.7 Å². The lowest BCUT2D eigenvalue weighted by molar-refractivity contribution is -0.155. The molecule has 4 rings (SSSR count). The van der Waals surface area contributed by atoms with Gasteiger partial charge in [0.25, 0.3) is 0 Å². The zero-order chi connectivity index (χ0) is 23.6. The second-order valence-electron chi connectivity index (χ2n) is 7.65. The molecule has 172 valence electrons. The zero-order valence-corrected chi connectivity index (χ0v) is 19.2. The molecule has 3 N–H and O–H groups in total. The molecule has 0 fully saturated rings. The van der Waals surface area contributed by atoms with E-state index in [9.17, 15) is 24.6 Å². The summed E-state index contributed by atoms with van der Waals surface area (Å²) in [6, 6.07) is 14.7. The van der Waals surface area contributed by atoms with Crippen LogP contribution in [0.15, 0.2) is 58.4 Å². The fraction of sp³-hybridized carbons (Fsp3) is 0.261. The third-order valence-electron chi connectivity index (χ3n) is 5.58. The average Bonchev–Trinajstić information content (AvgIpc) is 3.17. The maximum atomic E-state index is 12.5. The summed E-state index contributed by atoms with van der Waals surface area (Å²) in [5.74, 6) is -2.42. The quantitative estimate of drug-likeness (QED) is 0.438. The molecule has 10 heteroatoms. The number of rotatable bonds is 8. The van der Waals surface area contributed by atoms with E-state index in [2.05, 4.69) is 4.98 Å². The monoisotopic (exact) mass is 487 g/mol. The Kier molecular flexibility index (Phi) is 6.48. The number of thioether (sulfide) groups is 1. The van der Waals surface area contributed by atoms with Gasteiger partial charge in [-0.15, -0.1) is 11.8 Å². The normalized spacial score (nSPS) is 19.5. The van der Waals surface area contributed by atoms with Crippen LogP contribution >= 0.6 is 23.1 Å². The number of H-pyrrole nitrogens is 1. The molecule has 0 amide bonds. The minimum atomic E-state index is -1.63. The summed E-state index contributed by atoms with van der Waals surface area (Å²) in [5, 5.41) is 20.3. The van der Waals surface area contributed by atoms with Crippen molar-refractivity contribution >= 4 is 35.0 Å². The van der Waals surface area contributed by atoms with Crippen molar-refractivity contribution in [2.75, 3.05) is 12.9 Å². The largest absolute Gasteiger partial charge is 0.493 e. The van der Waals surface area contributed by atoms with Crippen molar-refractivity contribution in [2.45, 2.75) is 24.0 Å². The number of fused-ring (bicyclic) bond motifs is 1. The van der Waals surface area contributed by atoms with Gasteiger partial charge in [-0.25, -0.2) is 0 Å². The summed E-state index contributed by atoms with van der Waals surface area (Å²) in [6.07, 6.45) is -0.583. The van der Waals surface area contributed by atoms with Gasteiger partial charge in [0.05, 0.1) is 24.0 Å². The highest BCUT2D eigenvalue weighted by Gasteiger charge is 2.53. The Morgan fingerprint density at radius 1 is 1.15 bits per heavy atom. The minimum absolute atomic E-state index is 0.00749. The highest BCUT2D eigenvalue weighted by Crippen LogP contribution is 2.54. The molecular formula is C23H21NO7S2. The van der Waals surface area contributed by atoms with E-state index in [1.54, 1.807) is 18.2 Å². The molecule has 2 atom stereocenters. The summed E-state index contributed by atoms with van der Waals surface area (Å²) < 4.78 is 11.4. The average molecular weight is 488 g/mol. The molecule has 2 aromatic carbocycles. The van der Waals surface area contributed by atoms with Crippen LogP contribution in [-0.2, 0) is 16.2 Å². The highest BCUT2D eigenvalue weighted by atomic mass is 32.2. The number of aromatic nitrogens is 1. The van der Waals surface area contributed by atoms with Crippen molar-refractivity contribution in [3.05, 3.63) is 74.2 Å². The van der Waals surface area contributed by atoms with E-state index in [-0.39, 0.29) is 10.6 Å². The summed E-state index contributed by atoms with van der Waals surface area (Å²) >= 11 is 2.06. The van der Waals surface area contributed by atoms with Gasteiger partial charge in [0.2, 0.25) is 0 Å². The van der Waals surface area contributed by atoms with Crippen LogP contribution in [0.1, 0.15) is 28.3 Å². The van der Waals surface area contributed by atoms with Crippen molar-refractivity contribution in [3.8, 4) is 11.5 Å². The number of aliphatic carboxylic acids is 2. The minimum Gasteiger partial charge on any atom is -0.493 e. The maximum Gasteiger partial charge on any atom is 0.312 e.